The summed E-state index contributed by atoms with van der Waals surface area (Å²) in [6.07, 6.45) is -0.408. The number of aliphatic hydroxyl groups is 1. The van der Waals surface area contributed by atoms with E-state index in [1.165, 1.54) is 0 Å². The molecule has 0 aliphatic rings. The van der Waals surface area contributed by atoms with E-state index in [0.29, 0.717) is 12.2 Å². The van der Waals surface area contributed by atoms with Gasteiger partial charge in [0.25, 0.3) is 0 Å². The van der Waals surface area contributed by atoms with Crippen molar-refractivity contribution in [3.05, 3.63) is 23.5 Å². The van der Waals surface area contributed by atoms with Gasteiger partial charge in [-0.15, -0.1) is 0 Å². The summed E-state index contributed by atoms with van der Waals surface area (Å²) in [4.78, 5) is 4.02. The molecule has 14 heavy (non-hydrogen) atoms. The van der Waals surface area contributed by atoms with Crippen molar-refractivity contribution < 1.29 is 5.11 Å². The second-order valence-electron chi connectivity index (χ2n) is 3.22. The van der Waals surface area contributed by atoms with Crippen LogP contribution >= 0.6 is 0 Å². The summed E-state index contributed by atoms with van der Waals surface area (Å²) in [5, 5.41) is 20.8. The number of nitriles is 1. The maximum absolute atomic E-state index is 9.07. The zero-order valence-corrected chi connectivity index (χ0v) is 8.28. The van der Waals surface area contributed by atoms with Gasteiger partial charge in [-0.25, -0.2) is 4.98 Å². The van der Waals surface area contributed by atoms with E-state index in [4.69, 9.17) is 10.4 Å². The molecule has 0 amide bonds. The third-order valence-electron chi connectivity index (χ3n) is 1.67. The van der Waals surface area contributed by atoms with E-state index in [1.807, 2.05) is 19.1 Å². The van der Waals surface area contributed by atoms with Gasteiger partial charge in [0, 0.05) is 17.9 Å². The first-order chi connectivity index (χ1) is 6.61. The van der Waals surface area contributed by atoms with Gasteiger partial charge in [-0.2, -0.15) is 5.26 Å². The van der Waals surface area contributed by atoms with Gasteiger partial charge in [-0.05, 0) is 26.0 Å². The van der Waals surface area contributed by atoms with E-state index >= 15 is 0 Å². The summed E-state index contributed by atoms with van der Waals surface area (Å²) in [5.41, 5.74) is 1.99. The van der Waals surface area contributed by atoms with Gasteiger partial charge in [0.1, 0.15) is 11.8 Å². The molecule has 1 unspecified atom stereocenters. The topological polar surface area (TPSA) is 68.9 Å². The molecule has 0 radical (unpaired) electrons. The van der Waals surface area contributed by atoms with Gasteiger partial charge in [0.2, 0.25) is 0 Å². The fourth-order valence-electron chi connectivity index (χ4n) is 1.09. The minimum atomic E-state index is -0.408. The van der Waals surface area contributed by atoms with Crippen molar-refractivity contribution in [3.63, 3.8) is 0 Å². The summed E-state index contributed by atoms with van der Waals surface area (Å²) in [7, 11) is 0. The van der Waals surface area contributed by atoms with Crippen LogP contribution in [0.5, 0.6) is 0 Å². The van der Waals surface area contributed by atoms with Crippen molar-refractivity contribution in [1.29, 1.82) is 5.26 Å². The van der Waals surface area contributed by atoms with Crippen LogP contribution in [0, 0.1) is 18.3 Å². The van der Waals surface area contributed by atoms with Crippen molar-refractivity contribution in [3.8, 4) is 6.07 Å². The predicted octanol–water partition coefficient (Wildman–Crippen LogP) is 1.05. The van der Waals surface area contributed by atoms with Gasteiger partial charge in [0.15, 0.2) is 0 Å². The van der Waals surface area contributed by atoms with Crippen molar-refractivity contribution in [2.45, 2.75) is 20.0 Å². The van der Waals surface area contributed by atoms with Crippen LogP contribution in [-0.4, -0.2) is 22.7 Å². The van der Waals surface area contributed by atoms with E-state index in [1.54, 1.807) is 13.0 Å². The lowest BCUT2D eigenvalue weighted by molar-refractivity contribution is 0.208. The number of nitrogens with zero attached hydrogens (tertiary/aromatic N) is 2. The molecule has 0 saturated heterocycles. The molecular weight excluding hydrogens is 178 g/mol. The molecule has 74 valence electrons. The van der Waals surface area contributed by atoms with Crippen LogP contribution in [0.3, 0.4) is 0 Å². The highest BCUT2D eigenvalue weighted by molar-refractivity contribution is 5.47. The lowest BCUT2D eigenvalue weighted by Gasteiger charge is -2.08. The standard InChI is InChI=1S/C10H13N3O/c1-7-3-9(12-6-8(2)14)4-10(5-11)13-7/h3-4,8,14H,6H2,1-2H3,(H,12,13). The van der Waals surface area contributed by atoms with Crippen molar-refractivity contribution in [2.75, 3.05) is 11.9 Å². The van der Waals surface area contributed by atoms with Crippen LogP contribution in [0.25, 0.3) is 0 Å². The molecule has 1 rings (SSSR count). The van der Waals surface area contributed by atoms with Crippen LogP contribution in [0.1, 0.15) is 18.3 Å². The van der Waals surface area contributed by atoms with Gasteiger partial charge in [0.05, 0.1) is 6.10 Å². The Morgan fingerprint density at radius 3 is 2.93 bits per heavy atom. The Balaban J connectivity index is 2.78. The maximum atomic E-state index is 9.07. The number of anilines is 1. The average molecular weight is 191 g/mol. The molecule has 0 aliphatic carbocycles. The monoisotopic (exact) mass is 191 g/mol. The smallest absolute Gasteiger partial charge is 0.142 e. The first-order valence-corrected chi connectivity index (χ1v) is 4.42. The van der Waals surface area contributed by atoms with Gasteiger partial charge in [-0.1, -0.05) is 0 Å². The Morgan fingerprint density at radius 1 is 1.64 bits per heavy atom. The minimum absolute atomic E-state index is 0.387. The van der Waals surface area contributed by atoms with E-state index in [9.17, 15) is 0 Å². The second-order valence-corrected chi connectivity index (χ2v) is 3.22. The highest BCUT2D eigenvalue weighted by atomic mass is 16.3. The molecular formula is C10H13N3O. The molecule has 0 saturated carbocycles. The van der Waals surface area contributed by atoms with Crippen LogP contribution in [-0.2, 0) is 0 Å². The first kappa shape index (κ1) is 10.5. The fourth-order valence-corrected chi connectivity index (χ4v) is 1.09. The van der Waals surface area contributed by atoms with Crippen LogP contribution < -0.4 is 5.32 Å². The van der Waals surface area contributed by atoms with Crippen LogP contribution in [0.4, 0.5) is 5.69 Å². The summed E-state index contributed by atoms with van der Waals surface area (Å²) in [5.74, 6) is 0. The SMILES string of the molecule is Cc1cc(NCC(C)O)cc(C#N)n1. The number of aromatic nitrogens is 1. The lowest BCUT2D eigenvalue weighted by atomic mass is 10.2. The highest BCUT2D eigenvalue weighted by Gasteiger charge is 2.00. The van der Waals surface area contributed by atoms with E-state index in [-0.39, 0.29) is 0 Å². The molecule has 1 heterocycles. The number of aliphatic hydroxyl groups excluding tert-OH is 1. The minimum Gasteiger partial charge on any atom is -0.392 e. The molecule has 1 atom stereocenters. The molecule has 0 bridgehead atoms. The summed E-state index contributed by atoms with van der Waals surface area (Å²) in [6.45, 7) is 4.00. The first-order valence-electron chi connectivity index (χ1n) is 4.42. The molecule has 1 aromatic rings. The van der Waals surface area contributed by atoms with Crippen molar-refractivity contribution in [2.24, 2.45) is 0 Å². The third kappa shape index (κ3) is 3.04. The highest BCUT2D eigenvalue weighted by Crippen LogP contribution is 2.10. The predicted molar refractivity (Wildman–Crippen MR) is 53.9 cm³/mol. The second kappa shape index (κ2) is 4.58. The molecule has 0 spiro atoms. The Kier molecular flexibility index (Phi) is 3.43. The quantitative estimate of drug-likeness (QED) is 0.749. The third-order valence-corrected chi connectivity index (χ3v) is 1.67. The molecule has 4 nitrogen and oxygen atoms in total. The summed E-state index contributed by atoms with van der Waals surface area (Å²) < 4.78 is 0. The van der Waals surface area contributed by atoms with E-state index < -0.39 is 6.10 Å². The maximum Gasteiger partial charge on any atom is 0.142 e. The normalized spacial score (nSPS) is 11.9. The fraction of sp³-hybridized carbons (Fsp3) is 0.400. The van der Waals surface area contributed by atoms with Gasteiger partial charge < -0.3 is 10.4 Å². The number of hydrogen-bond donors (Lipinski definition) is 2. The average Bonchev–Trinajstić information content (AvgIpc) is 2.14. The Labute approximate surface area is 83.2 Å². The molecule has 1 aromatic heterocycles. The number of hydrogen-bond acceptors (Lipinski definition) is 4. The molecule has 2 N–H and O–H groups in total. The molecule has 0 aromatic carbocycles. The van der Waals surface area contributed by atoms with Gasteiger partial charge in [-0.3, -0.25) is 0 Å². The van der Waals surface area contributed by atoms with Crippen molar-refractivity contribution >= 4 is 5.69 Å². The zero-order chi connectivity index (χ0) is 10.6. The Hall–Kier alpha value is -1.60. The number of nitrogens with one attached hydrogen (secondary N) is 1. The molecule has 0 fully saturated rings. The molecule has 4 heteroatoms. The number of rotatable bonds is 3. The Morgan fingerprint density at radius 2 is 2.36 bits per heavy atom. The van der Waals surface area contributed by atoms with Crippen molar-refractivity contribution in [1.82, 2.24) is 4.98 Å². The summed E-state index contributed by atoms with van der Waals surface area (Å²) in [6, 6.07) is 5.48. The largest absolute Gasteiger partial charge is 0.392 e. The van der Waals surface area contributed by atoms with E-state index in [0.717, 1.165) is 11.4 Å². The number of pyridine rings is 1. The van der Waals surface area contributed by atoms with Gasteiger partial charge >= 0.3 is 0 Å². The van der Waals surface area contributed by atoms with E-state index in [2.05, 4.69) is 10.3 Å². The Bertz CT molecular complexity index is 355. The number of aryl methyl sites for hydroxylation is 1. The van der Waals surface area contributed by atoms with Crippen LogP contribution in [0.2, 0.25) is 0 Å². The molecule has 0 aliphatic heterocycles. The lowest BCUT2D eigenvalue weighted by Crippen LogP contribution is -2.15. The zero-order valence-electron chi connectivity index (χ0n) is 8.28. The van der Waals surface area contributed by atoms with Crippen LogP contribution in [0.15, 0.2) is 12.1 Å². The summed E-state index contributed by atoms with van der Waals surface area (Å²) >= 11 is 0.